The highest BCUT2D eigenvalue weighted by molar-refractivity contribution is 8.00. The van der Waals surface area contributed by atoms with Crippen LogP contribution in [0.4, 0.5) is 0 Å². The van der Waals surface area contributed by atoms with Gasteiger partial charge in [-0.1, -0.05) is 20.8 Å². The third-order valence-electron chi connectivity index (χ3n) is 2.13. The Kier molecular flexibility index (Phi) is 5.16. The number of rotatable bonds is 5. The summed E-state index contributed by atoms with van der Waals surface area (Å²) >= 11 is 3.78. The highest BCUT2D eigenvalue weighted by Gasteiger charge is 2.10. The second kappa shape index (κ2) is 5.92. The van der Waals surface area contributed by atoms with Crippen LogP contribution in [-0.4, -0.2) is 17.0 Å². The SMILES string of the molecule is CC(NCCSC(C)(C)C)c1ccsc1. The van der Waals surface area contributed by atoms with Crippen LogP contribution in [0.15, 0.2) is 16.8 Å². The summed E-state index contributed by atoms with van der Waals surface area (Å²) in [5.41, 5.74) is 1.40. The first kappa shape index (κ1) is 13.1. The van der Waals surface area contributed by atoms with Gasteiger partial charge in [-0.3, -0.25) is 0 Å². The summed E-state index contributed by atoms with van der Waals surface area (Å²) in [5.74, 6) is 1.18. The lowest BCUT2D eigenvalue weighted by Crippen LogP contribution is -2.22. The van der Waals surface area contributed by atoms with Crippen LogP contribution >= 0.6 is 23.1 Å². The van der Waals surface area contributed by atoms with Gasteiger partial charge in [0, 0.05) is 23.1 Å². The summed E-state index contributed by atoms with van der Waals surface area (Å²) in [6.45, 7) is 10.1. The summed E-state index contributed by atoms with van der Waals surface area (Å²) in [6, 6.07) is 2.68. The zero-order chi connectivity index (χ0) is 11.3. The quantitative estimate of drug-likeness (QED) is 0.786. The number of thioether (sulfide) groups is 1. The molecule has 86 valence electrons. The van der Waals surface area contributed by atoms with Crippen LogP contribution in [0.2, 0.25) is 0 Å². The molecule has 0 amide bonds. The lowest BCUT2D eigenvalue weighted by molar-refractivity contribution is 0.602. The molecule has 1 unspecified atom stereocenters. The van der Waals surface area contributed by atoms with Crippen molar-refractivity contribution in [3.63, 3.8) is 0 Å². The van der Waals surface area contributed by atoms with E-state index in [1.165, 1.54) is 11.3 Å². The number of hydrogen-bond donors (Lipinski definition) is 1. The maximum absolute atomic E-state index is 3.54. The standard InChI is InChI=1S/C12H21NS2/c1-10(11-5-7-14-9-11)13-6-8-15-12(2,3)4/h5,7,9-10,13H,6,8H2,1-4H3. The molecule has 1 aromatic heterocycles. The predicted octanol–water partition coefficient (Wildman–Crippen LogP) is 3.93. The lowest BCUT2D eigenvalue weighted by atomic mass is 10.2. The van der Waals surface area contributed by atoms with Gasteiger partial charge in [-0.05, 0) is 29.3 Å². The average molecular weight is 243 g/mol. The maximum atomic E-state index is 3.54. The van der Waals surface area contributed by atoms with E-state index in [-0.39, 0.29) is 0 Å². The van der Waals surface area contributed by atoms with Crippen molar-refractivity contribution in [3.05, 3.63) is 22.4 Å². The maximum Gasteiger partial charge on any atom is 0.0300 e. The Balaban J connectivity index is 2.16. The molecule has 1 N–H and O–H groups in total. The minimum Gasteiger partial charge on any atom is -0.309 e. The van der Waals surface area contributed by atoms with Crippen molar-refractivity contribution in [2.45, 2.75) is 38.5 Å². The molecule has 3 heteroatoms. The third-order valence-corrected chi connectivity index (χ3v) is 4.11. The van der Waals surface area contributed by atoms with E-state index in [4.69, 9.17) is 0 Å². The first-order valence-corrected chi connectivity index (χ1v) is 7.31. The fraction of sp³-hybridized carbons (Fsp3) is 0.667. The minimum atomic E-state index is 0.382. The van der Waals surface area contributed by atoms with Crippen LogP contribution in [0.5, 0.6) is 0 Å². The van der Waals surface area contributed by atoms with Crippen LogP contribution in [0, 0.1) is 0 Å². The Labute approximate surface area is 102 Å². The molecular formula is C12H21NS2. The average Bonchev–Trinajstić information content (AvgIpc) is 2.63. The van der Waals surface area contributed by atoms with Crippen LogP contribution in [0.25, 0.3) is 0 Å². The van der Waals surface area contributed by atoms with Gasteiger partial charge in [0.25, 0.3) is 0 Å². The van der Waals surface area contributed by atoms with Crippen molar-refractivity contribution in [2.24, 2.45) is 0 Å². The Morgan fingerprint density at radius 3 is 2.73 bits per heavy atom. The van der Waals surface area contributed by atoms with E-state index in [0.29, 0.717) is 10.8 Å². The zero-order valence-electron chi connectivity index (χ0n) is 10.0. The molecule has 0 radical (unpaired) electrons. The molecule has 0 spiro atoms. The van der Waals surface area contributed by atoms with Gasteiger partial charge in [0.15, 0.2) is 0 Å². The van der Waals surface area contributed by atoms with Crippen LogP contribution in [0.1, 0.15) is 39.3 Å². The predicted molar refractivity (Wildman–Crippen MR) is 72.9 cm³/mol. The van der Waals surface area contributed by atoms with Gasteiger partial charge >= 0.3 is 0 Å². The molecule has 1 nitrogen and oxygen atoms in total. The van der Waals surface area contributed by atoms with Crippen molar-refractivity contribution >= 4 is 23.1 Å². The van der Waals surface area contributed by atoms with E-state index in [9.17, 15) is 0 Å². The van der Waals surface area contributed by atoms with Crippen molar-refractivity contribution in [2.75, 3.05) is 12.3 Å². The molecule has 0 aliphatic carbocycles. The van der Waals surface area contributed by atoms with E-state index in [0.717, 1.165) is 6.54 Å². The first-order valence-electron chi connectivity index (χ1n) is 5.38. The molecule has 0 saturated heterocycles. The number of hydrogen-bond acceptors (Lipinski definition) is 3. The summed E-state index contributed by atoms with van der Waals surface area (Å²) in [6.07, 6.45) is 0. The Morgan fingerprint density at radius 1 is 1.47 bits per heavy atom. The molecular weight excluding hydrogens is 222 g/mol. The van der Waals surface area contributed by atoms with Crippen molar-refractivity contribution < 1.29 is 0 Å². The number of nitrogens with one attached hydrogen (secondary N) is 1. The monoisotopic (exact) mass is 243 g/mol. The van der Waals surface area contributed by atoms with E-state index in [1.807, 2.05) is 11.8 Å². The highest BCUT2D eigenvalue weighted by Crippen LogP contribution is 2.22. The molecule has 0 aliphatic heterocycles. The largest absolute Gasteiger partial charge is 0.309 e. The molecule has 0 aliphatic rings. The molecule has 1 aromatic rings. The van der Waals surface area contributed by atoms with Gasteiger partial charge in [-0.15, -0.1) is 0 Å². The second-order valence-electron chi connectivity index (χ2n) is 4.69. The summed E-state index contributed by atoms with van der Waals surface area (Å²) < 4.78 is 0.382. The minimum absolute atomic E-state index is 0.382. The van der Waals surface area contributed by atoms with E-state index >= 15 is 0 Å². The van der Waals surface area contributed by atoms with Crippen molar-refractivity contribution in [1.29, 1.82) is 0 Å². The number of thiophene rings is 1. The van der Waals surface area contributed by atoms with Crippen LogP contribution < -0.4 is 5.32 Å². The Morgan fingerprint density at radius 2 is 2.20 bits per heavy atom. The highest BCUT2D eigenvalue weighted by atomic mass is 32.2. The van der Waals surface area contributed by atoms with E-state index in [2.05, 4.69) is 49.8 Å². The van der Waals surface area contributed by atoms with Crippen LogP contribution in [0.3, 0.4) is 0 Å². The second-order valence-corrected chi connectivity index (χ2v) is 7.40. The fourth-order valence-corrected chi connectivity index (χ4v) is 2.86. The fourth-order valence-electron chi connectivity index (χ4n) is 1.27. The molecule has 1 rings (SSSR count). The summed E-state index contributed by atoms with van der Waals surface area (Å²) in [7, 11) is 0. The Hall–Kier alpha value is 0.01000. The zero-order valence-corrected chi connectivity index (χ0v) is 11.7. The smallest absolute Gasteiger partial charge is 0.0300 e. The van der Waals surface area contributed by atoms with Gasteiger partial charge in [-0.25, -0.2) is 0 Å². The summed E-state index contributed by atoms with van der Waals surface area (Å²) in [4.78, 5) is 0. The van der Waals surface area contributed by atoms with Gasteiger partial charge in [0.1, 0.15) is 0 Å². The third kappa shape index (κ3) is 5.59. The van der Waals surface area contributed by atoms with E-state index in [1.54, 1.807) is 11.3 Å². The summed E-state index contributed by atoms with van der Waals surface area (Å²) in [5, 5.41) is 7.90. The van der Waals surface area contributed by atoms with Gasteiger partial charge in [0.2, 0.25) is 0 Å². The topological polar surface area (TPSA) is 12.0 Å². The molecule has 0 saturated carbocycles. The lowest BCUT2D eigenvalue weighted by Gasteiger charge is -2.19. The van der Waals surface area contributed by atoms with Gasteiger partial charge in [0.05, 0.1) is 0 Å². The van der Waals surface area contributed by atoms with Crippen LogP contribution in [-0.2, 0) is 0 Å². The van der Waals surface area contributed by atoms with Gasteiger partial charge < -0.3 is 5.32 Å². The normalized spacial score (nSPS) is 14.1. The Bertz CT molecular complexity index is 262. The van der Waals surface area contributed by atoms with Gasteiger partial charge in [-0.2, -0.15) is 23.1 Å². The van der Waals surface area contributed by atoms with Crippen molar-refractivity contribution in [3.8, 4) is 0 Å². The molecule has 1 atom stereocenters. The molecule has 0 fully saturated rings. The molecule has 0 bridgehead atoms. The molecule has 15 heavy (non-hydrogen) atoms. The van der Waals surface area contributed by atoms with E-state index < -0.39 is 0 Å². The molecule has 1 heterocycles. The molecule has 0 aromatic carbocycles. The van der Waals surface area contributed by atoms with Crippen molar-refractivity contribution in [1.82, 2.24) is 5.32 Å². The first-order chi connectivity index (χ1) is 6.99.